The maximum Gasteiger partial charge on any atom is 0.247 e. The van der Waals surface area contributed by atoms with Gasteiger partial charge < -0.3 is 14.5 Å². The fraction of sp³-hybridized carbons (Fsp3) is 0.762. The summed E-state index contributed by atoms with van der Waals surface area (Å²) >= 11 is 0. The fourth-order valence-corrected chi connectivity index (χ4v) is 5.21. The molecule has 1 aromatic rings. The van der Waals surface area contributed by atoms with Crippen molar-refractivity contribution in [3.8, 4) is 0 Å². The molecule has 0 unspecified atom stereocenters. The van der Waals surface area contributed by atoms with Crippen LogP contribution in [-0.2, 0) is 21.4 Å². The van der Waals surface area contributed by atoms with Gasteiger partial charge in [0.2, 0.25) is 11.8 Å². The predicted molar refractivity (Wildman–Crippen MR) is 107 cm³/mol. The van der Waals surface area contributed by atoms with Crippen LogP contribution in [0.1, 0.15) is 32.1 Å². The quantitative estimate of drug-likeness (QED) is 0.749. The standard InChI is InChI=1S/C21H31N5O3/c1-23-14-18(12-22-23)26-10-9-25(13-16-2-3-16)21(20(26)28)5-7-24(8-6-21)19(27)17-4-11-29-15-17/h12,14,16-17H,2-11,13,15H2,1H3/t17-/m1/s1. The molecule has 0 radical (unpaired) electrons. The van der Waals surface area contributed by atoms with Gasteiger partial charge in [0.15, 0.2) is 0 Å². The molecule has 5 rings (SSSR count). The van der Waals surface area contributed by atoms with Gasteiger partial charge in [-0.15, -0.1) is 0 Å². The molecule has 1 spiro atoms. The minimum Gasteiger partial charge on any atom is -0.381 e. The van der Waals surface area contributed by atoms with E-state index in [1.54, 1.807) is 10.9 Å². The van der Waals surface area contributed by atoms with Gasteiger partial charge in [0.05, 0.1) is 24.4 Å². The molecule has 1 aromatic heterocycles. The molecule has 0 aromatic carbocycles. The lowest BCUT2D eigenvalue weighted by Gasteiger charge is -2.53. The highest BCUT2D eigenvalue weighted by Crippen LogP contribution is 2.40. The molecule has 0 bridgehead atoms. The highest BCUT2D eigenvalue weighted by atomic mass is 16.5. The third-order valence-electron chi connectivity index (χ3n) is 7.20. The Morgan fingerprint density at radius 2 is 2.00 bits per heavy atom. The first-order valence-electron chi connectivity index (χ1n) is 11.0. The zero-order chi connectivity index (χ0) is 20.0. The van der Waals surface area contributed by atoms with Gasteiger partial charge in [-0.2, -0.15) is 5.10 Å². The summed E-state index contributed by atoms with van der Waals surface area (Å²) in [7, 11) is 1.88. The average Bonchev–Trinajstić information content (AvgIpc) is 3.19. The SMILES string of the molecule is Cn1cc(N2CCN(CC3CC3)C3(CCN(C(=O)[C@@H]4CCOC4)CC3)C2=O)cn1. The maximum atomic E-state index is 13.8. The van der Waals surface area contributed by atoms with E-state index in [4.69, 9.17) is 4.74 Å². The van der Waals surface area contributed by atoms with E-state index in [0.29, 0.717) is 45.7 Å². The van der Waals surface area contributed by atoms with Gasteiger partial charge >= 0.3 is 0 Å². The molecule has 8 heteroatoms. The van der Waals surface area contributed by atoms with Crippen LogP contribution in [0.5, 0.6) is 0 Å². The summed E-state index contributed by atoms with van der Waals surface area (Å²) in [5.41, 5.74) is 0.393. The van der Waals surface area contributed by atoms with Crippen molar-refractivity contribution in [1.29, 1.82) is 0 Å². The molecule has 158 valence electrons. The molecule has 4 aliphatic rings. The molecule has 8 nitrogen and oxygen atoms in total. The van der Waals surface area contributed by atoms with Crippen LogP contribution in [-0.4, -0.2) is 82.9 Å². The number of anilines is 1. The molecule has 4 fully saturated rings. The normalized spacial score (nSPS) is 27.8. The Balaban J connectivity index is 1.35. The molecule has 3 saturated heterocycles. The number of carbonyl (C=O) groups is 2. The van der Waals surface area contributed by atoms with Crippen LogP contribution in [0.15, 0.2) is 12.4 Å². The van der Waals surface area contributed by atoms with Gasteiger partial charge in [-0.1, -0.05) is 0 Å². The van der Waals surface area contributed by atoms with Crippen LogP contribution >= 0.6 is 0 Å². The monoisotopic (exact) mass is 401 g/mol. The highest BCUT2D eigenvalue weighted by Gasteiger charge is 2.52. The van der Waals surface area contributed by atoms with Crippen LogP contribution in [0.25, 0.3) is 0 Å². The Bertz CT molecular complexity index is 775. The Labute approximate surface area is 171 Å². The second-order valence-electron chi connectivity index (χ2n) is 9.14. The first-order chi connectivity index (χ1) is 14.1. The lowest BCUT2D eigenvalue weighted by molar-refractivity contribution is -0.146. The average molecular weight is 402 g/mol. The third kappa shape index (κ3) is 3.46. The summed E-state index contributed by atoms with van der Waals surface area (Å²) in [6.07, 6.45) is 8.51. The predicted octanol–water partition coefficient (Wildman–Crippen LogP) is 0.876. The van der Waals surface area contributed by atoms with Crippen LogP contribution in [0, 0.1) is 11.8 Å². The number of amides is 2. The van der Waals surface area contributed by atoms with Crippen LogP contribution in [0.4, 0.5) is 5.69 Å². The number of hydrogen-bond acceptors (Lipinski definition) is 5. The number of rotatable bonds is 4. The van der Waals surface area contributed by atoms with Gasteiger partial charge in [0.1, 0.15) is 5.54 Å². The molecule has 3 aliphatic heterocycles. The molecule has 29 heavy (non-hydrogen) atoms. The summed E-state index contributed by atoms with van der Waals surface area (Å²) in [5.74, 6) is 1.13. The van der Waals surface area contributed by atoms with Crippen molar-refractivity contribution in [1.82, 2.24) is 19.6 Å². The lowest BCUT2D eigenvalue weighted by Crippen LogP contribution is -2.69. The van der Waals surface area contributed by atoms with Crippen molar-refractivity contribution in [2.24, 2.45) is 18.9 Å². The zero-order valence-corrected chi connectivity index (χ0v) is 17.3. The van der Waals surface area contributed by atoms with Gasteiger partial charge in [-0.3, -0.25) is 19.2 Å². The number of likely N-dealkylation sites (tertiary alicyclic amines) is 1. The maximum absolute atomic E-state index is 13.8. The third-order valence-corrected chi connectivity index (χ3v) is 7.20. The largest absolute Gasteiger partial charge is 0.381 e. The topological polar surface area (TPSA) is 70.9 Å². The van der Waals surface area contributed by atoms with Crippen molar-refractivity contribution >= 4 is 17.5 Å². The van der Waals surface area contributed by atoms with Crippen molar-refractivity contribution in [3.63, 3.8) is 0 Å². The lowest BCUT2D eigenvalue weighted by atomic mass is 9.81. The number of piperidine rings is 1. The van der Waals surface area contributed by atoms with Crippen molar-refractivity contribution < 1.29 is 14.3 Å². The van der Waals surface area contributed by atoms with Crippen LogP contribution < -0.4 is 4.90 Å². The Morgan fingerprint density at radius 1 is 1.21 bits per heavy atom. The Kier molecular flexibility index (Phi) is 4.86. The zero-order valence-electron chi connectivity index (χ0n) is 17.3. The summed E-state index contributed by atoms with van der Waals surface area (Å²) in [6.45, 7) is 5.15. The van der Waals surface area contributed by atoms with E-state index in [9.17, 15) is 9.59 Å². The number of piperazine rings is 1. The van der Waals surface area contributed by atoms with Crippen LogP contribution in [0.3, 0.4) is 0 Å². The summed E-state index contributed by atoms with van der Waals surface area (Å²) in [4.78, 5) is 32.9. The van der Waals surface area contributed by atoms with E-state index in [-0.39, 0.29) is 17.7 Å². The molecule has 2 amide bonds. The number of aromatic nitrogens is 2. The molecular formula is C21H31N5O3. The van der Waals surface area contributed by atoms with E-state index in [1.807, 2.05) is 23.0 Å². The first kappa shape index (κ1) is 19.1. The number of aryl methyl sites for hydroxylation is 1. The summed E-state index contributed by atoms with van der Waals surface area (Å²) < 4.78 is 7.15. The molecule has 1 aliphatic carbocycles. The molecule has 1 saturated carbocycles. The van der Waals surface area contributed by atoms with Gasteiger partial charge in [0.25, 0.3) is 0 Å². The molecular weight excluding hydrogens is 370 g/mol. The Morgan fingerprint density at radius 3 is 2.62 bits per heavy atom. The Hall–Kier alpha value is -1.93. The van der Waals surface area contributed by atoms with Gasteiger partial charge in [-0.25, -0.2) is 0 Å². The molecule has 4 heterocycles. The smallest absolute Gasteiger partial charge is 0.247 e. The number of ether oxygens (including phenoxy) is 1. The van der Waals surface area contributed by atoms with E-state index < -0.39 is 5.54 Å². The van der Waals surface area contributed by atoms with E-state index in [0.717, 1.165) is 31.1 Å². The molecule has 1 atom stereocenters. The minimum atomic E-state index is -0.486. The fourth-order valence-electron chi connectivity index (χ4n) is 5.21. The first-order valence-corrected chi connectivity index (χ1v) is 11.0. The summed E-state index contributed by atoms with van der Waals surface area (Å²) in [5, 5.41) is 4.26. The summed E-state index contributed by atoms with van der Waals surface area (Å²) in [6, 6.07) is 0. The van der Waals surface area contributed by atoms with E-state index >= 15 is 0 Å². The highest BCUT2D eigenvalue weighted by molar-refractivity contribution is 6.01. The van der Waals surface area contributed by atoms with Crippen molar-refractivity contribution in [2.45, 2.75) is 37.6 Å². The number of carbonyl (C=O) groups excluding carboxylic acids is 2. The van der Waals surface area contributed by atoms with Gasteiger partial charge in [0, 0.05) is 52.6 Å². The van der Waals surface area contributed by atoms with Crippen molar-refractivity contribution in [2.75, 3.05) is 50.8 Å². The van der Waals surface area contributed by atoms with E-state index in [1.165, 1.54) is 12.8 Å². The van der Waals surface area contributed by atoms with E-state index in [2.05, 4.69) is 10.00 Å². The second-order valence-corrected chi connectivity index (χ2v) is 9.14. The molecule has 0 N–H and O–H groups in total. The van der Waals surface area contributed by atoms with Crippen molar-refractivity contribution in [3.05, 3.63) is 12.4 Å². The van der Waals surface area contributed by atoms with Gasteiger partial charge in [-0.05, 0) is 38.0 Å². The second kappa shape index (κ2) is 7.40. The van der Waals surface area contributed by atoms with Crippen LogP contribution in [0.2, 0.25) is 0 Å². The number of hydrogen-bond donors (Lipinski definition) is 0. The minimum absolute atomic E-state index is 0.000524. The number of nitrogens with zero attached hydrogens (tertiary/aromatic N) is 5.